The number of pyridine rings is 1. The highest BCUT2D eigenvalue weighted by Gasteiger charge is 2.46. The van der Waals surface area contributed by atoms with E-state index < -0.39 is 40.4 Å². The van der Waals surface area contributed by atoms with E-state index in [9.17, 15) is 27.6 Å². The number of carboxylic acid groups (broad SMARTS) is 1. The van der Waals surface area contributed by atoms with Gasteiger partial charge >= 0.3 is 12.1 Å². The highest BCUT2D eigenvalue weighted by Crippen LogP contribution is 2.32. The minimum atomic E-state index is -4.73. The zero-order valence-electron chi connectivity index (χ0n) is 10.6. The number of carbonyl (C=O) groups excluding carboxylic acids is 1. The molecule has 1 fully saturated rings. The van der Waals surface area contributed by atoms with Crippen LogP contribution in [0, 0.1) is 0 Å². The maximum absolute atomic E-state index is 12.4. The first-order valence-electron chi connectivity index (χ1n) is 6.02. The van der Waals surface area contributed by atoms with Gasteiger partial charge in [0.1, 0.15) is 16.8 Å². The van der Waals surface area contributed by atoms with Crippen LogP contribution in [0.4, 0.5) is 13.2 Å². The van der Waals surface area contributed by atoms with Gasteiger partial charge in [-0.3, -0.25) is 9.59 Å². The Kier molecular flexibility index (Phi) is 3.52. The number of rotatable bonds is 3. The van der Waals surface area contributed by atoms with E-state index in [4.69, 9.17) is 5.11 Å². The summed E-state index contributed by atoms with van der Waals surface area (Å²) < 4.78 is 37.2. The van der Waals surface area contributed by atoms with Crippen LogP contribution in [0.25, 0.3) is 0 Å². The maximum Gasteiger partial charge on any atom is 0.431 e. The highest BCUT2D eigenvalue weighted by molar-refractivity contribution is 5.97. The molecule has 114 valence electrons. The van der Waals surface area contributed by atoms with Crippen molar-refractivity contribution in [2.75, 3.05) is 0 Å². The molecule has 0 spiro atoms. The summed E-state index contributed by atoms with van der Waals surface area (Å²) in [5.41, 5.74) is -4.50. The SMILES string of the molecule is O=C(NC1(C(=O)O)CCC1)c1ccc(C(F)(F)F)[nH]c1=O. The molecule has 1 amide bonds. The topological polar surface area (TPSA) is 99.3 Å². The van der Waals surface area contributed by atoms with Crippen LogP contribution in [0.5, 0.6) is 0 Å². The van der Waals surface area contributed by atoms with Crippen molar-refractivity contribution in [3.8, 4) is 0 Å². The van der Waals surface area contributed by atoms with Crippen molar-refractivity contribution in [2.45, 2.75) is 31.0 Å². The molecule has 21 heavy (non-hydrogen) atoms. The van der Waals surface area contributed by atoms with Crippen LogP contribution < -0.4 is 10.9 Å². The van der Waals surface area contributed by atoms with Crippen LogP contribution in [0.2, 0.25) is 0 Å². The number of aromatic amines is 1. The monoisotopic (exact) mass is 304 g/mol. The van der Waals surface area contributed by atoms with Crippen molar-refractivity contribution in [1.82, 2.24) is 10.3 Å². The summed E-state index contributed by atoms with van der Waals surface area (Å²) in [5.74, 6) is -2.24. The smallest absolute Gasteiger partial charge is 0.431 e. The van der Waals surface area contributed by atoms with Gasteiger partial charge < -0.3 is 15.4 Å². The lowest BCUT2D eigenvalue weighted by atomic mass is 9.76. The van der Waals surface area contributed by atoms with Gasteiger partial charge in [0.15, 0.2) is 0 Å². The van der Waals surface area contributed by atoms with Crippen molar-refractivity contribution < 1.29 is 27.9 Å². The second-order valence-electron chi connectivity index (χ2n) is 4.81. The first-order chi connectivity index (χ1) is 9.66. The third-order valence-corrected chi connectivity index (χ3v) is 3.43. The Balaban J connectivity index is 2.25. The number of carbonyl (C=O) groups is 2. The van der Waals surface area contributed by atoms with Gasteiger partial charge in [0, 0.05) is 0 Å². The molecule has 1 aromatic heterocycles. The number of carboxylic acids is 1. The lowest BCUT2D eigenvalue weighted by molar-refractivity contribution is -0.148. The Morgan fingerprint density at radius 3 is 2.29 bits per heavy atom. The zero-order valence-corrected chi connectivity index (χ0v) is 10.6. The standard InChI is InChI=1S/C12H11F3N2O4/c13-12(14,15)7-3-2-6(8(18)16-7)9(19)17-11(10(20)21)4-1-5-11/h2-3H,1,4-5H2,(H,16,18)(H,17,19)(H,20,21). The van der Waals surface area contributed by atoms with Crippen molar-refractivity contribution in [1.29, 1.82) is 0 Å². The normalized spacial score (nSPS) is 16.9. The van der Waals surface area contributed by atoms with E-state index >= 15 is 0 Å². The predicted octanol–water partition coefficient (Wildman–Crippen LogP) is 1.13. The molecule has 1 aliphatic rings. The van der Waals surface area contributed by atoms with Crippen LogP contribution in [0.3, 0.4) is 0 Å². The van der Waals surface area contributed by atoms with Crippen molar-refractivity contribution >= 4 is 11.9 Å². The van der Waals surface area contributed by atoms with E-state index in [0.717, 1.165) is 6.07 Å². The lowest BCUT2D eigenvalue weighted by Crippen LogP contribution is -2.59. The van der Waals surface area contributed by atoms with Gasteiger partial charge in [0.25, 0.3) is 11.5 Å². The Morgan fingerprint density at radius 2 is 1.90 bits per heavy atom. The summed E-state index contributed by atoms with van der Waals surface area (Å²) in [7, 11) is 0. The van der Waals surface area contributed by atoms with Gasteiger partial charge in [0.05, 0.1) is 0 Å². The van der Waals surface area contributed by atoms with E-state index in [2.05, 4.69) is 5.32 Å². The quantitative estimate of drug-likeness (QED) is 0.779. The molecule has 1 aliphatic carbocycles. The Hall–Kier alpha value is -2.32. The second kappa shape index (κ2) is 4.90. The molecule has 1 heterocycles. The fourth-order valence-electron chi connectivity index (χ4n) is 2.03. The van der Waals surface area contributed by atoms with Crippen LogP contribution in [-0.2, 0) is 11.0 Å². The van der Waals surface area contributed by atoms with Gasteiger partial charge in [-0.05, 0) is 31.4 Å². The molecule has 1 saturated carbocycles. The number of hydrogen-bond donors (Lipinski definition) is 3. The number of amides is 1. The molecule has 0 aromatic carbocycles. The highest BCUT2D eigenvalue weighted by atomic mass is 19.4. The maximum atomic E-state index is 12.4. The summed E-state index contributed by atoms with van der Waals surface area (Å²) in [6, 6.07) is 1.29. The first kappa shape index (κ1) is 15.1. The van der Waals surface area contributed by atoms with Gasteiger partial charge in [-0.2, -0.15) is 13.2 Å². The summed E-state index contributed by atoms with van der Waals surface area (Å²) in [5, 5.41) is 11.3. The third kappa shape index (κ3) is 2.76. The van der Waals surface area contributed by atoms with Crippen molar-refractivity contribution in [3.05, 3.63) is 33.7 Å². The fraction of sp³-hybridized carbons (Fsp3) is 0.417. The van der Waals surface area contributed by atoms with Gasteiger partial charge in [-0.25, -0.2) is 4.79 Å². The van der Waals surface area contributed by atoms with Crippen LogP contribution in [0.1, 0.15) is 35.3 Å². The molecule has 0 atom stereocenters. The Morgan fingerprint density at radius 1 is 1.29 bits per heavy atom. The molecule has 0 saturated heterocycles. The molecule has 3 N–H and O–H groups in total. The van der Waals surface area contributed by atoms with Gasteiger partial charge in [-0.15, -0.1) is 0 Å². The summed E-state index contributed by atoms with van der Waals surface area (Å²) in [4.78, 5) is 36.0. The van der Waals surface area contributed by atoms with Gasteiger partial charge in [0.2, 0.25) is 0 Å². The fourth-order valence-corrected chi connectivity index (χ4v) is 2.03. The number of H-pyrrole nitrogens is 1. The molecule has 2 rings (SSSR count). The zero-order chi connectivity index (χ0) is 15.8. The molecular weight excluding hydrogens is 293 g/mol. The minimum absolute atomic E-state index is 0.215. The molecule has 1 aromatic rings. The number of hydrogen-bond acceptors (Lipinski definition) is 3. The molecule has 0 radical (unpaired) electrons. The van der Waals surface area contributed by atoms with E-state index in [-0.39, 0.29) is 12.8 Å². The third-order valence-electron chi connectivity index (χ3n) is 3.43. The first-order valence-corrected chi connectivity index (χ1v) is 6.02. The van der Waals surface area contributed by atoms with Crippen molar-refractivity contribution in [3.63, 3.8) is 0 Å². The van der Waals surface area contributed by atoms with E-state index in [0.29, 0.717) is 12.5 Å². The molecule has 6 nitrogen and oxygen atoms in total. The number of alkyl halides is 3. The molecular formula is C12H11F3N2O4. The largest absolute Gasteiger partial charge is 0.480 e. The van der Waals surface area contributed by atoms with E-state index in [1.165, 1.54) is 0 Å². The molecule has 0 bridgehead atoms. The van der Waals surface area contributed by atoms with E-state index in [1.807, 2.05) is 0 Å². The number of aliphatic carboxylic acids is 1. The van der Waals surface area contributed by atoms with Gasteiger partial charge in [-0.1, -0.05) is 0 Å². The second-order valence-corrected chi connectivity index (χ2v) is 4.81. The van der Waals surface area contributed by atoms with Crippen molar-refractivity contribution in [2.24, 2.45) is 0 Å². The lowest BCUT2D eigenvalue weighted by Gasteiger charge is -2.38. The summed E-state index contributed by atoms with van der Waals surface area (Å²) in [6.45, 7) is 0. The average molecular weight is 304 g/mol. The summed E-state index contributed by atoms with van der Waals surface area (Å²) in [6.07, 6.45) is -3.69. The molecule has 0 unspecified atom stereocenters. The van der Waals surface area contributed by atoms with E-state index in [1.54, 1.807) is 4.98 Å². The minimum Gasteiger partial charge on any atom is -0.480 e. The molecule has 0 aliphatic heterocycles. The summed E-state index contributed by atoms with van der Waals surface area (Å²) >= 11 is 0. The molecule has 9 heteroatoms. The Labute approximate surface area is 116 Å². The van der Waals surface area contributed by atoms with Crippen LogP contribution >= 0.6 is 0 Å². The Bertz CT molecular complexity index is 647. The number of halogens is 3. The predicted molar refractivity (Wildman–Crippen MR) is 63.7 cm³/mol. The average Bonchev–Trinajstić information content (AvgIpc) is 2.31. The number of nitrogens with one attached hydrogen (secondary N) is 2. The number of aromatic nitrogens is 1. The van der Waals surface area contributed by atoms with Crippen LogP contribution in [-0.4, -0.2) is 27.5 Å². The van der Waals surface area contributed by atoms with Crippen LogP contribution in [0.15, 0.2) is 16.9 Å².